The lowest BCUT2D eigenvalue weighted by Crippen LogP contribution is -2.35. The van der Waals surface area contributed by atoms with Crippen LogP contribution in [0.25, 0.3) is 16.8 Å². The van der Waals surface area contributed by atoms with Crippen LogP contribution in [0.15, 0.2) is 72.8 Å². The summed E-state index contributed by atoms with van der Waals surface area (Å²) in [6, 6.07) is 21.8. The number of nitrogens with zero attached hydrogens (tertiary/aromatic N) is 1. The maximum absolute atomic E-state index is 12.1. The van der Waals surface area contributed by atoms with Crippen molar-refractivity contribution in [2.75, 3.05) is 20.1 Å². The summed E-state index contributed by atoms with van der Waals surface area (Å²) >= 11 is 0. The molecule has 6 nitrogen and oxygen atoms in total. The van der Waals surface area contributed by atoms with Gasteiger partial charge >= 0.3 is 0 Å². The largest absolute Gasteiger partial charge is 0.343 e. The number of unbranched alkanes of at least 4 members (excludes halogenated alkanes) is 1. The second-order valence-corrected chi connectivity index (χ2v) is 9.32. The Morgan fingerprint density at radius 3 is 2.41 bits per heavy atom. The Morgan fingerprint density at radius 1 is 1.00 bits per heavy atom. The van der Waals surface area contributed by atoms with Crippen LogP contribution < -0.4 is 11.1 Å². The zero-order valence-electron chi connectivity index (χ0n) is 22.2. The number of benzene rings is 3. The molecule has 196 valence electrons. The third-order valence-electron chi connectivity index (χ3n) is 5.81. The summed E-state index contributed by atoms with van der Waals surface area (Å²) in [5, 5.41) is 5.00. The molecule has 3 rings (SSSR count). The lowest BCUT2D eigenvalue weighted by molar-refractivity contribution is -0.120. The molecule has 3 aromatic carbocycles. The number of rotatable bonds is 12. The highest BCUT2D eigenvalue weighted by atomic mass is 16.2. The van der Waals surface area contributed by atoms with Crippen molar-refractivity contribution < 1.29 is 14.4 Å². The van der Waals surface area contributed by atoms with Crippen molar-refractivity contribution in [2.24, 2.45) is 5.73 Å². The van der Waals surface area contributed by atoms with Crippen LogP contribution in [0.5, 0.6) is 0 Å². The highest BCUT2D eigenvalue weighted by molar-refractivity contribution is 5.94. The van der Waals surface area contributed by atoms with Crippen LogP contribution >= 0.6 is 0 Å². The Labute approximate surface area is 220 Å². The predicted molar refractivity (Wildman–Crippen MR) is 152 cm³/mol. The lowest BCUT2D eigenvalue weighted by Gasteiger charge is -2.15. The molecular formula is C31H39N3O3. The normalized spacial score (nSPS) is 11.7. The number of ketones is 1. The Morgan fingerprint density at radius 2 is 1.76 bits per heavy atom. The number of nitrogens with two attached hydrogens (primary N) is 1. The molecule has 0 radical (unpaired) electrons. The van der Waals surface area contributed by atoms with Crippen molar-refractivity contribution in [2.45, 2.75) is 45.7 Å². The molecule has 0 aliphatic carbocycles. The summed E-state index contributed by atoms with van der Waals surface area (Å²) in [5.41, 5.74) is 8.83. The molecule has 0 saturated carbocycles. The monoisotopic (exact) mass is 501 g/mol. The van der Waals surface area contributed by atoms with E-state index in [1.165, 1.54) is 17.2 Å². The summed E-state index contributed by atoms with van der Waals surface area (Å²) < 4.78 is 0. The number of nitrogens with one attached hydrogen (secondary N) is 1. The van der Waals surface area contributed by atoms with Gasteiger partial charge in [0.2, 0.25) is 5.91 Å². The number of likely N-dealkylation sites (N-methyl/N-ethyl adjacent to an activating group) is 1. The van der Waals surface area contributed by atoms with Gasteiger partial charge in [-0.1, -0.05) is 66.2 Å². The number of aryl methyl sites for hydroxylation is 1. The Balaban J connectivity index is 0.000000449. The van der Waals surface area contributed by atoms with E-state index in [1.807, 2.05) is 66.5 Å². The zero-order chi connectivity index (χ0) is 27.0. The Bertz CT molecular complexity index is 1190. The molecule has 37 heavy (non-hydrogen) atoms. The number of hydrogen-bond acceptors (Lipinski definition) is 5. The van der Waals surface area contributed by atoms with Gasteiger partial charge in [0, 0.05) is 12.6 Å². The second kappa shape index (κ2) is 16.2. The van der Waals surface area contributed by atoms with Crippen LogP contribution in [0.1, 0.15) is 42.9 Å². The Hall–Kier alpha value is -3.61. The van der Waals surface area contributed by atoms with Crippen molar-refractivity contribution >= 4 is 34.8 Å². The summed E-state index contributed by atoms with van der Waals surface area (Å²) in [6.45, 7) is 5.51. The smallest absolute Gasteiger partial charge is 0.244 e. The molecule has 1 atom stereocenters. The summed E-state index contributed by atoms with van der Waals surface area (Å²) in [4.78, 5) is 36.4. The van der Waals surface area contributed by atoms with E-state index in [2.05, 4.69) is 24.4 Å². The van der Waals surface area contributed by atoms with Crippen molar-refractivity contribution in [3.63, 3.8) is 0 Å². The maximum atomic E-state index is 12.1. The molecule has 6 heteroatoms. The minimum absolute atomic E-state index is 0.138. The second-order valence-electron chi connectivity index (χ2n) is 9.32. The quantitative estimate of drug-likeness (QED) is 0.214. The SMILES string of the molecule is CC(=O)CN(C)CCCCC(C=O)NC(=O)/C=C/c1ccc2ccccc2c1.Cc1cccc(CN)c1. The Kier molecular flexibility index (Phi) is 13.0. The predicted octanol–water partition coefficient (Wildman–Crippen LogP) is 4.68. The number of hydrogen-bond donors (Lipinski definition) is 2. The fourth-order valence-corrected chi connectivity index (χ4v) is 3.93. The fourth-order valence-electron chi connectivity index (χ4n) is 3.93. The zero-order valence-corrected chi connectivity index (χ0v) is 22.2. The highest BCUT2D eigenvalue weighted by Crippen LogP contribution is 2.16. The molecule has 3 N–H and O–H groups in total. The van der Waals surface area contributed by atoms with Crippen LogP contribution in [0.2, 0.25) is 0 Å². The van der Waals surface area contributed by atoms with Crippen molar-refractivity contribution in [3.05, 3.63) is 89.5 Å². The number of carbonyl (C=O) groups excluding carboxylic acids is 3. The average Bonchev–Trinajstić information content (AvgIpc) is 2.89. The minimum Gasteiger partial charge on any atom is -0.343 e. The summed E-state index contributed by atoms with van der Waals surface area (Å²) in [5.74, 6) is -0.141. The first-order valence-electron chi connectivity index (χ1n) is 12.7. The summed E-state index contributed by atoms with van der Waals surface area (Å²) in [7, 11) is 1.90. The van der Waals surface area contributed by atoms with E-state index in [1.54, 1.807) is 13.0 Å². The van der Waals surface area contributed by atoms with Gasteiger partial charge in [-0.2, -0.15) is 0 Å². The van der Waals surface area contributed by atoms with E-state index < -0.39 is 6.04 Å². The van der Waals surface area contributed by atoms with E-state index in [0.29, 0.717) is 19.5 Å². The average molecular weight is 502 g/mol. The van der Waals surface area contributed by atoms with E-state index >= 15 is 0 Å². The highest BCUT2D eigenvalue weighted by Gasteiger charge is 2.10. The number of aldehydes is 1. The molecule has 0 saturated heterocycles. The lowest BCUT2D eigenvalue weighted by atomic mass is 10.1. The van der Waals surface area contributed by atoms with Crippen molar-refractivity contribution in [1.82, 2.24) is 10.2 Å². The molecule has 0 aromatic heterocycles. The van der Waals surface area contributed by atoms with Crippen LogP contribution in [0.3, 0.4) is 0 Å². The number of carbonyl (C=O) groups is 3. The molecule has 0 aliphatic heterocycles. The molecule has 0 spiro atoms. The van der Waals surface area contributed by atoms with Gasteiger partial charge in [0.25, 0.3) is 0 Å². The third kappa shape index (κ3) is 11.8. The van der Waals surface area contributed by atoms with Crippen molar-refractivity contribution in [1.29, 1.82) is 0 Å². The summed E-state index contributed by atoms with van der Waals surface area (Å²) in [6.07, 6.45) is 6.26. The van der Waals surface area contributed by atoms with Crippen LogP contribution in [-0.4, -0.2) is 49.1 Å². The van der Waals surface area contributed by atoms with E-state index in [4.69, 9.17) is 5.73 Å². The van der Waals surface area contributed by atoms with Gasteiger partial charge in [-0.05, 0) is 80.7 Å². The van der Waals surface area contributed by atoms with Crippen LogP contribution in [-0.2, 0) is 20.9 Å². The van der Waals surface area contributed by atoms with Gasteiger partial charge in [0.15, 0.2) is 0 Å². The number of fused-ring (bicyclic) bond motifs is 1. The first-order valence-corrected chi connectivity index (χ1v) is 12.7. The number of Topliss-reactive ketones (excluding diaryl/α,β-unsaturated/α-hetero) is 1. The standard InChI is InChI=1S/C23H28N2O3.C8H11N/c1-18(27)16-25(2)14-6-5-9-22(17-26)24-23(28)13-11-19-10-12-20-7-3-4-8-21(20)15-19;1-7-3-2-4-8(5-7)6-9/h3-4,7-8,10-13,15,17,22H,5-6,9,14,16H2,1-2H3,(H,24,28);2-5H,6,9H2,1H3/b13-11+;. The fraction of sp³-hybridized carbons (Fsp3) is 0.323. The van der Waals surface area contributed by atoms with Gasteiger partial charge in [-0.15, -0.1) is 0 Å². The van der Waals surface area contributed by atoms with Gasteiger partial charge < -0.3 is 15.8 Å². The van der Waals surface area contributed by atoms with E-state index in [9.17, 15) is 14.4 Å². The molecule has 0 aliphatic rings. The minimum atomic E-state index is -0.494. The van der Waals surface area contributed by atoms with Crippen molar-refractivity contribution in [3.8, 4) is 0 Å². The maximum Gasteiger partial charge on any atom is 0.244 e. The van der Waals surface area contributed by atoms with Gasteiger partial charge in [0.1, 0.15) is 12.1 Å². The molecule has 0 bridgehead atoms. The molecule has 1 amide bonds. The molecular weight excluding hydrogens is 462 g/mol. The van der Waals surface area contributed by atoms with Crippen LogP contribution in [0.4, 0.5) is 0 Å². The number of amides is 1. The topological polar surface area (TPSA) is 92.5 Å². The van der Waals surface area contributed by atoms with Gasteiger partial charge in [0.05, 0.1) is 12.6 Å². The molecule has 1 unspecified atom stereocenters. The molecule has 0 heterocycles. The molecule has 0 fully saturated rings. The van der Waals surface area contributed by atoms with E-state index in [0.717, 1.165) is 42.0 Å². The van der Waals surface area contributed by atoms with Gasteiger partial charge in [-0.3, -0.25) is 14.5 Å². The first-order chi connectivity index (χ1) is 17.8. The molecule has 3 aromatic rings. The first kappa shape index (κ1) is 29.6. The van der Waals surface area contributed by atoms with Gasteiger partial charge in [-0.25, -0.2) is 0 Å². The van der Waals surface area contributed by atoms with Crippen LogP contribution in [0, 0.1) is 6.92 Å². The third-order valence-corrected chi connectivity index (χ3v) is 5.81. The van der Waals surface area contributed by atoms with E-state index in [-0.39, 0.29) is 11.7 Å².